The Morgan fingerprint density at radius 3 is 2.72 bits per heavy atom. The van der Waals surface area contributed by atoms with E-state index < -0.39 is 10.0 Å². The van der Waals surface area contributed by atoms with Gasteiger partial charge in [-0.1, -0.05) is 0 Å². The van der Waals surface area contributed by atoms with E-state index in [4.69, 9.17) is 11.0 Å². The molecule has 0 radical (unpaired) electrons. The summed E-state index contributed by atoms with van der Waals surface area (Å²) in [7, 11) is -2.27. The molecule has 0 aromatic carbocycles. The first kappa shape index (κ1) is 14.5. The largest absolute Gasteiger partial charge is 0.381 e. The molecule has 1 aromatic rings. The second-order valence-electron chi connectivity index (χ2n) is 4.05. The van der Waals surface area contributed by atoms with Crippen LogP contribution in [-0.4, -0.2) is 36.1 Å². The van der Waals surface area contributed by atoms with Crippen molar-refractivity contribution in [3.05, 3.63) is 6.20 Å². The van der Waals surface area contributed by atoms with Crippen LogP contribution in [-0.2, 0) is 16.6 Å². The van der Waals surface area contributed by atoms with Crippen molar-refractivity contribution >= 4 is 15.8 Å². The molecule has 1 unspecified atom stereocenters. The number of nitriles is 1. The van der Waals surface area contributed by atoms with E-state index in [1.807, 2.05) is 13.0 Å². The van der Waals surface area contributed by atoms with E-state index in [0.29, 0.717) is 6.54 Å². The molecule has 0 spiro atoms. The molecule has 1 heterocycles. The fourth-order valence-electron chi connectivity index (χ4n) is 1.47. The quantitative estimate of drug-likeness (QED) is 0.827. The lowest BCUT2D eigenvalue weighted by Crippen LogP contribution is -2.31. The summed E-state index contributed by atoms with van der Waals surface area (Å²) < 4.78 is 27.0. The zero-order valence-electron chi connectivity index (χ0n) is 10.7. The van der Waals surface area contributed by atoms with Gasteiger partial charge in [-0.15, -0.1) is 0 Å². The summed E-state index contributed by atoms with van der Waals surface area (Å²) in [5, 5.41) is 12.6. The fourth-order valence-corrected chi connectivity index (χ4v) is 2.79. The number of hydrogen-bond donors (Lipinski definition) is 1. The lowest BCUT2D eigenvalue weighted by molar-refractivity contribution is 0.439. The zero-order chi connectivity index (χ0) is 13.9. The molecule has 1 atom stereocenters. The highest BCUT2D eigenvalue weighted by Crippen LogP contribution is 2.20. The Hall–Kier alpha value is -1.59. The van der Waals surface area contributed by atoms with Crippen LogP contribution >= 0.6 is 0 Å². The summed E-state index contributed by atoms with van der Waals surface area (Å²) >= 11 is 0. The van der Waals surface area contributed by atoms with Gasteiger partial charge >= 0.3 is 0 Å². The van der Waals surface area contributed by atoms with Crippen molar-refractivity contribution in [3.63, 3.8) is 0 Å². The van der Waals surface area contributed by atoms with Crippen LogP contribution in [0.2, 0.25) is 0 Å². The van der Waals surface area contributed by atoms with Crippen molar-refractivity contribution < 1.29 is 8.42 Å². The molecule has 1 rings (SSSR count). The number of nitrogens with zero attached hydrogens (tertiary/aromatic N) is 4. The van der Waals surface area contributed by atoms with Crippen LogP contribution in [0, 0.1) is 17.2 Å². The Labute approximate surface area is 107 Å². The van der Waals surface area contributed by atoms with Crippen molar-refractivity contribution in [1.82, 2.24) is 14.1 Å². The van der Waals surface area contributed by atoms with E-state index in [1.54, 1.807) is 6.92 Å². The number of nitrogens with two attached hydrogens (primary N) is 1. The van der Waals surface area contributed by atoms with Crippen LogP contribution in [0.3, 0.4) is 0 Å². The predicted octanol–water partition coefficient (Wildman–Crippen LogP) is 0.265. The van der Waals surface area contributed by atoms with Gasteiger partial charge in [-0.3, -0.25) is 4.68 Å². The fraction of sp³-hybridized carbons (Fsp3) is 0.600. The van der Waals surface area contributed by atoms with Crippen LogP contribution in [0.5, 0.6) is 0 Å². The van der Waals surface area contributed by atoms with E-state index in [-0.39, 0.29) is 23.2 Å². The van der Waals surface area contributed by atoms with Crippen molar-refractivity contribution in [1.29, 1.82) is 5.26 Å². The maximum Gasteiger partial charge on any atom is 0.248 e. The van der Waals surface area contributed by atoms with Crippen LogP contribution in [0.25, 0.3) is 0 Å². The molecule has 8 heteroatoms. The number of anilines is 1. The Morgan fingerprint density at radius 2 is 2.28 bits per heavy atom. The SMILES string of the molecule is CCn1cc(S(=O)(=O)N(C)CC(C)C#N)c(N)n1. The molecule has 18 heavy (non-hydrogen) atoms. The first-order valence-corrected chi connectivity index (χ1v) is 6.95. The summed E-state index contributed by atoms with van der Waals surface area (Å²) in [4.78, 5) is -0.0167. The molecule has 2 N–H and O–H groups in total. The van der Waals surface area contributed by atoms with E-state index in [1.165, 1.54) is 17.9 Å². The van der Waals surface area contributed by atoms with Crippen LogP contribution in [0.4, 0.5) is 5.82 Å². The van der Waals surface area contributed by atoms with Crippen LogP contribution in [0.15, 0.2) is 11.1 Å². The summed E-state index contributed by atoms with van der Waals surface area (Å²) in [6.07, 6.45) is 1.40. The van der Waals surface area contributed by atoms with Gasteiger partial charge in [0.25, 0.3) is 0 Å². The summed E-state index contributed by atoms with van der Waals surface area (Å²) in [6, 6.07) is 1.99. The molecular formula is C10H17N5O2S. The van der Waals surface area contributed by atoms with E-state index >= 15 is 0 Å². The molecular weight excluding hydrogens is 254 g/mol. The first-order valence-electron chi connectivity index (χ1n) is 5.51. The lowest BCUT2D eigenvalue weighted by atomic mass is 10.2. The highest BCUT2D eigenvalue weighted by molar-refractivity contribution is 7.89. The Bertz CT molecular complexity index is 557. The molecule has 0 fully saturated rings. The molecule has 0 saturated heterocycles. The van der Waals surface area contributed by atoms with E-state index in [2.05, 4.69) is 5.10 Å². The Morgan fingerprint density at radius 1 is 1.67 bits per heavy atom. The topological polar surface area (TPSA) is 105 Å². The van der Waals surface area contributed by atoms with Gasteiger partial charge in [0.05, 0.1) is 12.0 Å². The molecule has 1 aromatic heterocycles. The highest BCUT2D eigenvalue weighted by Gasteiger charge is 2.26. The molecule has 0 aliphatic carbocycles. The van der Waals surface area contributed by atoms with Gasteiger partial charge in [-0.25, -0.2) is 8.42 Å². The summed E-state index contributed by atoms with van der Waals surface area (Å²) in [6.45, 7) is 4.16. The van der Waals surface area contributed by atoms with Gasteiger partial charge in [-0.2, -0.15) is 14.7 Å². The number of aryl methyl sites for hydroxylation is 1. The van der Waals surface area contributed by atoms with E-state index in [0.717, 1.165) is 4.31 Å². The predicted molar refractivity (Wildman–Crippen MR) is 66.9 cm³/mol. The number of nitrogen functional groups attached to an aromatic ring is 1. The summed E-state index contributed by atoms with van der Waals surface area (Å²) in [5.41, 5.74) is 5.60. The first-order chi connectivity index (χ1) is 8.32. The maximum atomic E-state index is 12.2. The van der Waals surface area contributed by atoms with Gasteiger partial charge in [0.15, 0.2) is 5.82 Å². The van der Waals surface area contributed by atoms with Crippen molar-refractivity contribution in [2.45, 2.75) is 25.3 Å². The van der Waals surface area contributed by atoms with Crippen LogP contribution in [0.1, 0.15) is 13.8 Å². The zero-order valence-corrected chi connectivity index (χ0v) is 11.5. The molecule has 0 bridgehead atoms. The third kappa shape index (κ3) is 2.80. The minimum Gasteiger partial charge on any atom is -0.381 e. The summed E-state index contributed by atoms with van der Waals surface area (Å²) in [5.74, 6) is -0.402. The molecule has 7 nitrogen and oxygen atoms in total. The number of hydrogen-bond acceptors (Lipinski definition) is 5. The highest BCUT2D eigenvalue weighted by atomic mass is 32.2. The van der Waals surface area contributed by atoms with Gasteiger partial charge in [0.2, 0.25) is 10.0 Å². The number of aromatic nitrogens is 2. The standard InChI is InChI=1S/C10H17N5O2S/c1-4-15-7-9(10(12)13-15)18(16,17)14(3)6-8(2)5-11/h7-8H,4,6H2,1-3H3,(H2,12,13). The van der Waals surface area contributed by atoms with Crippen molar-refractivity contribution in [2.75, 3.05) is 19.3 Å². The second-order valence-corrected chi connectivity index (χ2v) is 6.06. The van der Waals surface area contributed by atoms with Crippen molar-refractivity contribution in [3.8, 4) is 6.07 Å². The van der Waals surface area contributed by atoms with Gasteiger partial charge in [0, 0.05) is 26.3 Å². The second kappa shape index (κ2) is 5.37. The Kier molecular flexibility index (Phi) is 4.32. The number of rotatable bonds is 5. The average Bonchev–Trinajstić information content (AvgIpc) is 2.70. The van der Waals surface area contributed by atoms with Gasteiger partial charge < -0.3 is 5.73 Å². The lowest BCUT2D eigenvalue weighted by Gasteiger charge is -2.17. The minimum atomic E-state index is -3.69. The monoisotopic (exact) mass is 271 g/mol. The maximum absolute atomic E-state index is 12.2. The molecule has 0 amide bonds. The van der Waals surface area contributed by atoms with Crippen molar-refractivity contribution in [2.24, 2.45) is 5.92 Å². The molecule has 100 valence electrons. The smallest absolute Gasteiger partial charge is 0.248 e. The third-order valence-electron chi connectivity index (χ3n) is 2.52. The molecule has 0 saturated carbocycles. The molecule has 0 aliphatic rings. The number of sulfonamides is 1. The van der Waals surface area contributed by atoms with Gasteiger partial charge in [0.1, 0.15) is 4.90 Å². The van der Waals surface area contributed by atoms with E-state index in [9.17, 15) is 8.42 Å². The van der Waals surface area contributed by atoms with Crippen LogP contribution < -0.4 is 5.73 Å². The van der Waals surface area contributed by atoms with Gasteiger partial charge in [-0.05, 0) is 13.8 Å². The third-order valence-corrected chi connectivity index (χ3v) is 4.36. The average molecular weight is 271 g/mol. The normalized spacial score (nSPS) is 13.5. The minimum absolute atomic E-state index is 0.0167. The Balaban J connectivity index is 3.06. The molecule has 0 aliphatic heterocycles.